The minimum Gasteiger partial charge on any atom is -0.497 e. The van der Waals surface area contributed by atoms with E-state index in [1.165, 1.54) is 19.5 Å². The van der Waals surface area contributed by atoms with E-state index in [-0.39, 0.29) is 5.69 Å². The molecule has 0 aliphatic carbocycles. The minimum atomic E-state index is -0.565. The van der Waals surface area contributed by atoms with E-state index >= 15 is 4.39 Å². The van der Waals surface area contributed by atoms with Crippen LogP contribution in [0.4, 0.5) is 15.9 Å². The van der Waals surface area contributed by atoms with Crippen LogP contribution < -0.4 is 24.4 Å². The van der Waals surface area contributed by atoms with E-state index in [9.17, 15) is 4.79 Å². The Kier molecular flexibility index (Phi) is 9.48. The highest BCUT2D eigenvalue weighted by molar-refractivity contribution is 6.04. The Morgan fingerprint density at radius 1 is 0.808 bits per heavy atom. The molecule has 262 valence electrons. The standard InChI is InChI=1S/C39H35FN8O4/c1-25-16-33(40)34(45-39(49)28-6-5-7-32(17-28)52-4)18-35(25)47-23-29(19-43-47)36-20-41-38-37(42-24-44-48(36)38)46(21-26-8-12-30(50-2)13-9-26)22-27-10-14-31(51-3)15-11-27/h5-20,23-24H,21-22H2,1-4H3,(H,45,49). The van der Waals surface area contributed by atoms with Crippen molar-refractivity contribution in [3.63, 3.8) is 0 Å². The fraction of sp³-hybridized carbons (Fsp3) is 0.154. The molecule has 0 bridgehead atoms. The molecule has 0 saturated heterocycles. The van der Waals surface area contributed by atoms with Gasteiger partial charge in [-0.25, -0.2) is 23.6 Å². The van der Waals surface area contributed by atoms with Gasteiger partial charge in [0.1, 0.15) is 29.4 Å². The lowest BCUT2D eigenvalue weighted by Crippen LogP contribution is -2.24. The van der Waals surface area contributed by atoms with E-state index in [1.807, 2.05) is 54.7 Å². The zero-order chi connectivity index (χ0) is 36.2. The highest BCUT2D eigenvalue weighted by Gasteiger charge is 2.20. The number of halogens is 1. The van der Waals surface area contributed by atoms with Crippen LogP contribution in [0.25, 0.3) is 22.6 Å². The largest absolute Gasteiger partial charge is 0.497 e. The lowest BCUT2D eigenvalue weighted by atomic mass is 10.1. The van der Waals surface area contributed by atoms with Crippen LogP contribution in [0.1, 0.15) is 27.0 Å². The van der Waals surface area contributed by atoms with E-state index in [0.29, 0.717) is 52.8 Å². The number of hydrogen-bond donors (Lipinski definition) is 1. The van der Waals surface area contributed by atoms with Gasteiger partial charge in [0, 0.05) is 30.4 Å². The summed E-state index contributed by atoms with van der Waals surface area (Å²) in [5.74, 6) is 1.68. The van der Waals surface area contributed by atoms with Crippen LogP contribution in [-0.2, 0) is 13.1 Å². The molecule has 52 heavy (non-hydrogen) atoms. The third-order valence-electron chi connectivity index (χ3n) is 8.64. The Balaban J connectivity index is 1.20. The molecule has 3 heterocycles. The van der Waals surface area contributed by atoms with Crippen LogP contribution in [-0.4, -0.2) is 56.6 Å². The van der Waals surface area contributed by atoms with Gasteiger partial charge in [0.25, 0.3) is 5.91 Å². The average Bonchev–Trinajstić information content (AvgIpc) is 3.84. The van der Waals surface area contributed by atoms with E-state index in [0.717, 1.165) is 28.2 Å². The third kappa shape index (κ3) is 6.97. The number of benzene rings is 4. The highest BCUT2D eigenvalue weighted by Crippen LogP contribution is 2.29. The number of ether oxygens (including phenoxy) is 3. The number of aromatic nitrogens is 6. The molecule has 0 fully saturated rings. The number of nitrogens with zero attached hydrogens (tertiary/aromatic N) is 7. The summed E-state index contributed by atoms with van der Waals surface area (Å²) in [6.07, 6.45) is 6.74. The van der Waals surface area contributed by atoms with E-state index in [1.54, 1.807) is 73.1 Å². The molecule has 1 N–H and O–H groups in total. The second-order valence-corrected chi connectivity index (χ2v) is 12.0. The number of fused-ring (bicyclic) bond motifs is 1. The molecule has 13 heteroatoms. The number of nitrogens with one attached hydrogen (secondary N) is 1. The second-order valence-electron chi connectivity index (χ2n) is 12.0. The molecule has 0 atom stereocenters. The first kappa shape index (κ1) is 33.7. The van der Waals surface area contributed by atoms with Gasteiger partial charge in [0.05, 0.1) is 50.8 Å². The first-order valence-electron chi connectivity index (χ1n) is 16.3. The SMILES string of the molecule is COc1ccc(CN(Cc2ccc(OC)cc2)c2ncnn3c(-c4cnn(-c5cc(NC(=O)c6cccc(OC)c6)c(F)cc5C)c4)cnc23)cc1. The summed E-state index contributed by atoms with van der Waals surface area (Å²) in [5, 5.41) is 11.8. The lowest BCUT2D eigenvalue weighted by Gasteiger charge is -2.24. The summed E-state index contributed by atoms with van der Waals surface area (Å²) in [6, 6.07) is 25.4. The van der Waals surface area contributed by atoms with Crippen molar-refractivity contribution in [3.8, 4) is 34.2 Å². The van der Waals surface area contributed by atoms with Crippen molar-refractivity contribution < 1.29 is 23.4 Å². The van der Waals surface area contributed by atoms with Crippen molar-refractivity contribution in [2.45, 2.75) is 20.0 Å². The fourth-order valence-corrected chi connectivity index (χ4v) is 5.88. The van der Waals surface area contributed by atoms with Crippen LogP contribution in [0.3, 0.4) is 0 Å². The number of aryl methyl sites for hydroxylation is 1. The summed E-state index contributed by atoms with van der Waals surface area (Å²) in [4.78, 5) is 24.6. The van der Waals surface area contributed by atoms with Gasteiger partial charge < -0.3 is 24.4 Å². The maximum Gasteiger partial charge on any atom is 0.255 e. The molecule has 0 saturated carbocycles. The third-order valence-corrected chi connectivity index (χ3v) is 8.64. The van der Waals surface area contributed by atoms with Gasteiger partial charge in [0.2, 0.25) is 0 Å². The molecular formula is C39H35FN8O4. The Labute approximate surface area is 299 Å². The lowest BCUT2D eigenvalue weighted by molar-refractivity contribution is 0.102. The molecule has 7 aromatic rings. The average molecular weight is 699 g/mol. The van der Waals surface area contributed by atoms with Crippen molar-refractivity contribution >= 4 is 23.1 Å². The van der Waals surface area contributed by atoms with Crippen LogP contribution in [0.15, 0.2) is 110 Å². The highest BCUT2D eigenvalue weighted by atomic mass is 19.1. The van der Waals surface area contributed by atoms with Crippen molar-refractivity contribution in [3.05, 3.63) is 138 Å². The zero-order valence-electron chi connectivity index (χ0n) is 28.9. The van der Waals surface area contributed by atoms with Gasteiger partial charge >= 0.3 is 0 Å². The van der Waals surface area contributed by atoms with Crippen molar-refractivity contribution in [2.75, 3.05) is 31.5 Å². The number of hydrogen-bond acceptors (Lipinski definition) is 9. The zero-order valence-corrected chi connectivity index (χ0v) is 28.9. The number of imidazole rings is 1. The van der Waals surface area contributed by atoms with Crippen molar-refractivity contribution in [1.82, 2.24) is 29.4 Å². The number of rotatable bonds is 12. The smallest absolute Gasteiger partial charge is 0.255 e. The summed E-state index contributed by atoms with van der Waals surface area (Å²) in [6.45, 7) is 2.87. The Hall–Kier alpha value is -6.76. The second kappa shape index (κ2) is 14.6. The van der Waals surface area contributed by atoms with Gasteiger partial charge in [-0.3, -0.25) is 4.79 Å². The topological polar surface area (TPSA) is 121 Å². The Morgan fingerprint density at radius 3 is 2.13 bits per heavy atom. The number of methoxy groups -OCH3 is 3. The molecule has 0 aliphatic rings. The van der Waals surface area contributed by atoms with Crippen LogP contribution in [0.5, 0.6) is 17.2 Å². The molecular weight excluding hydrogens is 663 g/mol. The normalized spacial score (nSPS) is 11.0. The van der Waals surface area contributed by atoms with Gasteiger partial charge in [0.15, 0.2) is 11.5 Å². The molecule has 0 spiro atoms. The van der Waals surface area contributed by atoms with Crippen LogP contribution >= 0.6 is 0 Å². The fourth-order valence-electron chi connectivity index (χ4n) is 5.88. The maximum atomic E-state index is 15.1. The predicted octanol–water partition coefficient (Wildman–Crippen LogP) is 6.91. The van der Waals surface area contributed by atoms with E-state index < -0.39 is 11.7 Å². The molecule has 1 amide bonds. The molecule has 0 radical (unpaired) electrons. The van der Waals surface area contributed by atoms with Gasteiger partial charge in [-0.15, -0.1) is 0 Å². The Morgan fingerprint density at radius 2 is 1.48 bits per heavy atom. The van der Waals surface area contributed by atoms with E-state index in [4.69, 9.17) is 24.2 Å². The number of anilines is 2. The Bertz CT molecular complexity index is 2310. The molecule has 7 rings (SSSR count). The van der Waals surface area contributed by atoms with Crippen molar-refractivity contribution in [1.29, 1.82) is 0 Å². The maximum absolute atomic E-state index is 15.1. The van der Waals surface area contributed by atoms with Crippen LogP contribution in [0.2, 0.25) is 0 Å². The minimum absolute atomic E-state index is 0.0199. The van der Waals surface area contributed by atoms with E-state index in [2.05, 4.69) is 20.4 Å². The summed E-state index contributed by atoms with van der Waals surface area (Å²) >= 11 is 0. The predicted molar refractivity (Wildman–Crippen MR) is 195 cm³/mol. The first-order valence-corrected chi connectivity index (χ1v) is 16.3. The van der Waals surface area contributed by atoms with Crippen LogP contribution in [0, 0.1) is 12.7 Å². The summed E-state index contributed by atoms with van der Waals surface area (Å²) < 4.78 is 34.4. The molecule has 4 aromatic carbocycles. The van der Waals surface area contributed by atoms with Gasteiger partial charge in [-0.2, -0.15) is 10.2 Å². The summed E-state index contributed by atoms with van der Waals surface area (Å²) in [7, 11) is 4.80. The number of carbonyl (C=O) groups excluding carboxylic acids is 1. The first-order chi connectivity index (χ1) is 25.3. The number of amides is 1. The van der Waals surface area contributed by atoms with Crippen molar-refractivity contribution in [2.24, 2.45) is 0 Å². The summed E-state index contributed by atoms with van der Waals surface area (Å²) in [5.41, 5.74) is 5.66. The molecule has 3 aromatic heterocycles. The molecule has 12 nitrogen and oxygen atoms in total. The molecule has 0 aliphatic heterocycles. The number of carbonyl (C=O) groups is 1. The molecule has 0 unspecified atom stereocenters. The van der Waals surface area contributed by atoms with Gasteiger partial charge in [-0.05, 0) is 78.2 Å². The monoisotopic (exact) mass is 698 g/mol. The van der Waals surface area contributed by atoms with Gasteiger partial charge in [-0.1, -0.05) is 30.3 Å². The quantitative estimate of drug-likeness (QED) is 0.145.